The van der Waals surface area contributed by atoms with Gasteiger partial charge >= 0.3 is 11.9 Å². The highest BCUT2D eigenvalue weighted by Gasteiger charge is 2.53. The molecule has 1 aliphatic rings. The standard InChI is InChI=1S/C7H10O4/c1-7(5(8)9,6(10)11)4-2-3-4/h4H,2-3H2,1H3,(H,8,9)(H,10,11). The van der Waals surface area contributed by atoms with Crippen LogP contribution in [0.2, 0.25) is 0 Å². The summed E-state index contributed by atoms with van der Waals surface area (Å²) in [6.45, 7) is 1.27. The Morgan fingerprint density at radius 2 is 1.64 bits per heavy atom. The van der Waals surface area contributed by atoms with Crippen molar-refractivity contribution < 1.29 is 19.8 Å². The van der Waals surface area contributed by atoms with E-state index in [0.29, 0.717) is 0 Å². The molecule has 1 rings (SSSR count). The Labute approximate surface area is 63.8 Å². The summed E-state index contributed by atoms with van der Waals surface area (Å²) in [7, 11) is 0. The van der Waals surface area contributed by atoms with Crippen LogP contribution in [0.4, 0.5) is 0 Å². The van der Waals surface area contributed by atoms with E-state index < -0.39 is 17.4 Å². The predicted molar refractivity (Wildman–Crippen MR) is 36.1 cm³/mol. The van der Waals surface area contributed by atoms with Crippen LogP contribution in [0.15, 0.2) is 0 Å². The monoisotopic (exact) mass is 158 g/mol. The van der Waals surface area contributed by atoms with Gasteiger partial charge in [-0.15, -0.1) is 0 Å². The van der Waals surface area contributed by atoms with Crippen LogP contribution < -0.4 is 0 Å². The highest BCUT2D eigenvalue weighted by Crippen LogP contribution is 2.45. The van der Waals surface area contributed by atoms with Gasteiger partial charge in [-0.1, -0.05) is 0 Å². The first kappa shape index (κ1) is 8.04. The molecule has 4 nitrogen and oxygen atoms in total. The second-order valence-electron chi connectivity index (χ2n) is 3.09. The molecule has 0 radical (unpaired) electrons. The third kappa shape index (κ3) is 1.08. The molecule has 11 heavy (non-hydrogen) atoms. The molecule has 62 valence electrons. The van der Waals surface area contributed by atoms with E-state index >= 15 is 0 Å². The molecule has 0 heterocycles. The smallest absolute Gasteiger partial charge is 0.321 e. The highest BCUT2D eigenvalue weighted by molar-refractivity contribution is 5.98. The van der Waals surface area contributed by atoms with E-state index in [0.717, 1.165) is 12.8 Å². The largest absolute Gasteiger partial charge is 0.480 e. The van der Waals surface area contributed by atoms with Gasteiger partial charge in [-0.05, 0) is 25.7 Å². The lowest BCUT2D eigenvalue weighted by Crippen LogP contribution is -2.38. The van der Waals surface area contributed by atoms with Crippen molar-refractivity contribution in [3.8, 4) is 0 Å². The lowest BCUT2D eigenvalue weighted by atomic mass is 9.85. The SMILES string of the molecule is CC(C(=O)O)(C(=O)O)C1CC1. The average molecular weight is 158 g/mol. The van der Waals surface area contributed by atoms with Crippen LogP contribution in [0.25, 0.3) is 0 Å². The third-order valence-corrected chi connectivity index (χ3v) is 2.28. The average Bonchev–Trinajstić information content (AvgIpc) is 2.66. The molecule has 0 amide bonds. The van der Waals surface area contributed by atoms with Crippen LogP contribution in [0, 0.1) is 11.3 Å². The quantitative estimate of drug-likeness (QED) is 0.589. The van der Waals surface area contributed by atoms with Gasteiger partial charge in [0.05, 0.1) is 0 Å². The van der Waals surface area contributed by atoms with Gasteiger partial charge in [0.25, 0.3) is 0 Å². The number of carboxylic acid groups (broad SMARTS) is 2. The van der Waals surface area contributed by atoms with Gasteiger partial charge < -0.3 is 10.2 Å². The van der Waals surface area contributed by atoms with E-state index in [1.54, 1.807) is 0 Å². The number of carboxylic acids is 2. The third-order valence-electron chi connectivity index (χ3n) is 2.28. The molecule has 0 aromatic carbocycles. The van der Waals surface area contributed by atoms with Crippen molar-refractivity contribution in [2.24, 2.45) is 11.3 Å². The van der Waals surface area contributed by atoms with Gasteiger partial charge in [-0.3, -0.25) is 9.59 Å². The van der Waals surface area contributed by atoms with Crippen molar-refractivity contribution >= 4 is 11.9 Å². The summed E-state index contributed by atoms with van der Waals surface area (Å²) in [5.41, 5.74) is -1.56. The molecule has 0 atom stereocenters. The molecule has 0 aromatic heterocycles. The van der Waals surface area contributed by atoms with Gasteiger partial charge in [0.2, 0.25) is 0 Å². The summed E-state index contributed by atoms with van der Waals surface area (Å²) in [6, 6.07) is 0. The lowest BCUT2D eigenvalue weighted by Gasteiger charge is -2.17. The van der Waals surface area contributed by atoms with Crippen molar-refractivity contribution in [1.29, 1.82) is 0 Å². The van der Waals surface area contributed by atoms with E-state index in [9.17, 15) is 9.59 Å². The Bertz CT molecular complexity index is 190. The van der Waals surface area contributed by atoms with Crippen LogP contribution in [0.5, 0.6) is 0 Å². The zero-order chi connectivity index (χ0) is 8.65. The molecule has 0 unspecified atom stereocenters. The zero-order valence-electron chi connectivity index (χ0n) is 6.20. The number of aliphatic carboxylic acids is 2. The number of rotatable bonds is 3. The molecular formula is C7H10O4. The minimum absolute atomic E-state index is 0.169. The summed E-state index contributed by atoms with van der Waals surface area (Å²) < 4.78 is 0. The topological polar surface area (TPSA) is 74.6 Å². The van der Waals surface area contributed by atoms with Crippen LogP contribution in [0.3, 0.4) is 0 Å². The first-order chi connectivity index (χ1) is 4.99. The van der Waals surface area contributed by atoms with Crippen molar-refractivity contribution in [1.82, 2.24) is 0 Å². The van der Waals surface area contributed by atoms with Gasteiger partial charge in [0.15, 0.2) is 5.41 Å². The zero-order valence-corrected chi connectivity index (χ0v) is 6.20. The Morgan fingerprint density at radius 3 is 1.73 bits per heavy atom. The highest BCUT2D eigenvalue weighted by atomic mass is 16.4. The van der Waals surface area contributed by atoms with Gasteiger partial charge in [-0.25, -0.2) is 0 Å². The summed E-state index contributed by atoms with van der Waals surface area (Å²) in [4.78, 5) is 21.1. The summed E-state index contributed by atoms with van der Waals surface area (Å²) in [5.74, 6) is -2.63. The second kappa shape index (κ2) is 2.22. The molecule has 4 heteroatoms. The fourth-order valence-corrected chi connectivity index (χ4v) is 1.10. The Morgan fingerprint density at radius 1 is 1.27 bits per heavy atom. The summed E-state index contributed by atoms with van der Waals surface area (Å²) in [5, 5.41) is 17.3. The molecule has 1 saturated carbocycles. The Balaban J connectivity index is 2.86. The van der Waals surface area contributed by atoms with Crippen molar-refractivity contribution in [3.05, 3.63) is 0 Å². The molecule has 0 saturated heterocycles. The molecule has 0 spiro atoms. The molecule has 2 N–H and O–H groups in total. The van der Waals surface area contributed by atoms with Gasteiger partial charge in [0.1, 0.15) is 0 Å². The first-order valence-electron chi connectivity index (χ1n) is 3.46. The molecule has 1 aliphatic carbocycles. The van der Waals surface area contributed by atoms with Crippen LogP contribution >= 0.6 is 0 Å². The predicted octanol–water partition coefficient (Wildman–Crippen LogP) is 0.572. The van der Waals surface area contributed by atoms with E-state index in [4.69, 9.17) is 10.2 Å². The maximum Gasteiger partial charge on any atom is 0.321 e. The first-order valence-corrected chi connectivity index (χ1v) is 3.46. The van der Waals surface area contributed by atoms with Crippen molar-refractivity contribution in [2.45, 2.75) is 19.8 Å². The Hall–Kier alpha value is -1.06. The van der Waals surface area contributed by atoms with Crippen molar-refractivity contribution in [2.75, 3.05) is 0 Å². The molecule has 0 aliphatic heterocycles. The molecular weight excluding hydrogens is 148 g/mol. The second-order valence-corrected chi connectivity index (χ2v) is 3.09. The van der Waals surface area contributed by atoms with Crippen molar-refractivity contribution in [3.63, 3.8) is 0 Å². The summed E-state index contributed by atoms with van der Waals surface area (Å²) >= 11 is 0. The Kier molecular flexibility index (Phi) is 1.62. The molecule has 0 bridgehead atoms. The van der Waals surface area contributed by atoms with Gasteiger partial charge in [0, 0.05) is 0 Å². The lowest BCUT2D eigenvalue weighted by molar-refractivity contribution is -0.164. The maximum absolute atomic E-state index is 10.6. The van der Waals surface area contributed by atoms with Crippen LogP contribution in [-0.2, 0) is 9.59 Å². The maximum atomic E-state index is 10.6. The fraction of sp³-hybridized carbons (Fsp3) is 0.714. The molecule has 0 aromatic rings. The summed E-state index contributed by atoms with van der Waals surface area (Å²) in [6.07, 6.45) is 1.43. The van der Waals surface area contributed by atoms with Gasteiger partial charge in [-0.2, -0.15) is 0 Å². The van der Waals surface area contributed by atoms with E-state index in [2.05, 4.69) is 0 Å². The minimum Gasteiger partial charge on any atom is -0.480 e. The van der Waals surface area contributed by atoms with E-state index in [-0.39, 0.29) is 5.92 Å². The number of carbonyl (C=O) groups is 2. The molecule has 1 fully saturated rings. The van der Waals surface area contributed by atoms with E-state index in [1.165, 1.54) is 6.92 Å². The fourth-order valence-electron chi connectivity index (χ4n) is 1.10. The number of hydrogen-bond acceptors (Lipinski definition) is 2. The minimum atomic E-state index is -1.56. The van der Waals surface area contributed by atoms with Crippen LogP contribution in [-0.4, -0.2) is 22.2 Å². The number of hydrogen-bond donors (Lipinski definition) is 2. The normalized spacial score (nSPS) is 17.9. The van der Waals surface area contributed by atoms with Crippen LogP contribution in [0.1, 0.15) is 19.8 Å². The van der Waals surface area contributed by atoms with E-state index in [1.807, 2.05) is 0 Å².